The average Bonchev–Trinajstić information content (AvgIpc) is 2.02. The van der Waals surface area contributed by atoms with Crippen LogP contribution in [-0.4, -0.2) is 49.8 Å². The van der Waals surface area contributed by atoms with Crippen molar-refractivity contribution >= 4 is 5.97 Å². The highest BCUT2D eigenvalue weighted by Crippen LogP contribution is 2.09. The molecule has 0 aromatic rings. The molecule has 1 rings (SSSR count). The van der Waals surface area contributed by atoms with Gasteiger partial charge in [-0.25, -0.2) is 0 Å². The van der Waals surface area contributed by atoms with E-state index in [1.54, 1.807) is 0 Å². The van der Waals surface area contributed by atoms with E-state index in [0.717, 1.165) is 13.1 Å². The van der Waals surface area contributed by atoms with Crippen LogP contribution >= 0.6 is 0 Å². The van der Waals surface area contributed by atoms with E-state index in [0.29, 0.717) is 6.54 Å². The summed E-state index contributed by atoms with van der Waals surface area (Å²) in [4.78, 5) is 13.0. The zero-order valence-electron chi connectivity index (χ0n) is 8.45. The maximum absolute atomic E-state index is 11.0. The Morgan fingerprint density at radius 2 is 2.00 bits per heavy atom. The molecule has 0 aromatic carbocycles. The molecule has 2 atom stereocenters. The monoisotopic (exact) mass is 187 g/mol. The minimum Gasteiger partial charge on any atom is -0.468 e. The highest BCUT2D eigenvalue weighted by molar-refractivity contribution is 5.71. The Morgan fingerprint density at radius 1 is 1.46 bits per heavy atom. The van der Waals surface area contributed by atoms with Crippen LogP contribution in [0.3, 0.4) is 0 Å². The van der Waals surface area contributed by atoms with Crippen molar-refractivity contribution in [1.29, 1.82) is 0 Å². The first-order valence-electron chi connectivity index (χ1n) is 4.56. The summed E-state index contributed by atoms with van der Waals surface area (Å²) in [7, 11) is 1.41. The van der Waals surface area contributed by atoms with Crippen molar-refractivity contribution in [1.82, 2.24) is 4.90 Å². The predicted octanol–water partition coefficient (Wildman–Crippen LogP) is 0.269. The molecule has 1 fully saturated rings. The Labute approximate surface area is 78.8 Å². The number of hydrogen-bond acceptors (Lipinski definition) is 4. The van der Waals surface area contributed by atoms with Gasteiger partial charge in [-0.05, 0) is 13.8 Å². The smallest absolute Gasteiger partial charge is 0.319 e. The summed E-state index contributed by atoms with van der Waals surface area (Å²) in [6, 6.07) is 0. The first kappa shape index (κ1) is 10.5. The molecule has 0 saturated carbocycles. The molecule has 0 aliphatic carbocycles. The van der Waals surface area contributed by atoms with Gasteiger partial charge in [0.15, 0.2) is 0 Å². The highest BCUT2D eigenvalue weighted by atomic mass is 16.5. The molecule has 4 nitrogen and oxygen atoms in total. The van der Waals surface area contributed by atoms with Gasteiger partial charge in [0.1, 0.15) is 0 Å². The zero-order valence-corrected chi connectivity index (χ0v) is 8.45. The molecule has 0 radical (unpaired) electrons. The van der Waals surface area contributed by atoms with E-state index >= 15 is 0 Å². The normalized spacial score (nSPS) is 30.1. The van der Waals surface area contributed by atoms with Gasteiger partial charge in [0.25, 0.3) is 0 Å². The van der Waals surface area contributed by atoms with Gasteiger partial charge >= 0.3 is 5.97 Å². The summed E-state index contributed by atoms with van der Waals surface area (Å²) in [5.74, 6) is -0.179. The fraction of sp³-hybridized carbons (Fsp3) is 0.889. The Kier molecular flexibility index (Phi) is 3.69. The first-order valence-corrected chi connectivity index (χ1v) is 4.56. The number of nitrogens with zero attached hydrogens (tertiary/aromatic N) is 1. The maximum atomic E-state index is 11.0. The predicted molar refractivity (Wildman–Crippen MR) is 48.5 cm³/mol. The van der Waals surface area contributed by atoms with Gasteiger partial charge in [0.05, 0.1) is 25.9 Å². The fourth-order valence-electron chi connectivity index (χ4n) is 1.66. The molecule has 0 amide bonds. The Morgan fingerprint density at radius 3 is 2.46 bits per heavy atom. The van der Waals surface area contributed by atoms with Crippen molar-refractivity contribution in [2.24, 2.45) is 0 Å². The lowest BCUT2D eigenvalue weighted by Gasteiger charge is -2.34. The second-order valence-electron chi connectivity index (χ2n) is 3.53. The van der Waals surface area contributed by atoms with Crippen LogP contribution in [0.1, 0.15) is 13.8 Å². The Balaban J connectivity index is 2.37. The van der Waals surface area contributed by atoms with Crippen molar-refractivity contribution in [2.75, 3.05) is 26.7 Å². The molecule has 13 heavy (non-hydrogen) atoms. The lowest BCUT2D eigenvalue weighted by molar-refractivity contribution is -0.145. The number of morpholine rings is 1. The number of methoxy groups -OCH3 is 1. The molecular weight excluding hydrogens is 170 g/mol. The van der Waals surface area contributed by atoms with Gasteiger partial charge in [0, 0.05) is 13.1 Å². The lowest BCUT2D eigenvalue weighted by Crippen LogP contribution is -2.47. The molecule has 4 heteroatoms. The topological polar surface area (TPSA) is 38.8 Å². The quantitative estimate of drug-likeness (QED) is 0.582. The summed E-state index contributed by atoms with van der Waals surface area (Å²) >= 11 is 0. The molecule has 1 saturated heterocycles. The van der Waals surface area contributed by atoms with E-state index in [9.17, 15) is 4.79 Å². The van der Waals surface area contributed by atoms with Gasteiger partial charge < -0.3 is 9.47 Å². The third-order valence-corrected chi connectivity index (χ3v) is 2.08. The molecule has 0 aromatic heterocycles. The van der Waals surface area contributed by atoms with Crippen molar-refractivity contribution in [3.05, 3.63) is 0 Å². The second kappa shape index (κ2) is 4.58. The minimum absolute atomic E-state index is 0.179. The number of ether oxygens (including phenoxy) is 2. The van der Waals surface area contributed by atoms with E-state index in [-0.39, 0.29) is 18.2 Å². The third-order valence-electron chi connectivity index (χ3n) is 2.08. The number of esters is 1. The molecule has 1 aliphatic rings. The lowest BCUT2D eigenvalue weighted by atomic mass is 10.2. The van der Waals surface area contributed by atoms with Crippen LogP contribution < -0.4 is 0 Å². The van der Waals surface area contributed by atoms with Crippen LogP contribution in [0.15, 0.2) is 0 Å². The number of hydrogen-bond donors (Lipinski definition) is 0. The molecule has 1 aliphatic heterocycles. The van der Waals surface area contributed by atoms with Gasteiger partial charge in [0.2, 0.25) is 0 Å². The van der Waals surface area contributed by atoms with Crippen LogP contribution in [-0.2, 0) is 14.3 Å². The molecular formula is C9H17NO3. The standard InChI is InChI=1S/C9H17NO3/c1-7-4-10(5-8(2)13-7)6-9(11)12-3/h7-8H,4-6H2,1-3H3. The molecule has 0 spiro atoms. The highest BCUT2D eigenvalue weighted by Gasteiger charge is 2.23. The van der Waals surface area contributed by atoms with Crippen LogP contribution in [0.4, 0.5) is 0 Å². The summed E-state index contributed by atoms with van der Waals surface area (Å²) < 4.78 is 10.1. The summed E-state index contributed by atoms with van der Waals surface area (Å²) in [5, 5.41) is 0. The second-order valence-corrected chi connectivity index (χ2v) is 3.53. The number of carbonyl (C=O) groups excluding carboxylic acids is 1. The zero-order chi connectivity index (χ0) is 9.84. The van der Waals surface area contributed by atoms with Crippen molar-refractivity contribution in [3.8, 4) is 0 Å². The van der Waals surface area contributed by atoms with Gasteiger partial charge in [-0.2, -0.15) is 0 Å². The number of rotatable bonds is 2. The third kappa shape index (κ3) is 3.32. The molecule has 0 N–H and O–H groups in total. The minimum atomic E-state index is -0.179. The van der Waals surface area contributed by atoms with E-state index in [1.807, 2.05) is 13.8 Å². The van der Waals surface area contributed by atoms with Crippen LogP contribution in [0.2, 0.25) is 0 Å². The molecule has 1 heterocycles. The molecule has 2 unspecified atom stereocenters. The van der Waals surface area contributed by atoms with Crippen LogP contribution in [0.5, 0.6) is 0 Å². The Hall–Kier alpha value is -0.610. The van der Waals surface area contributed by atoms with Crippen LogP contribution in [0.25, 0.3) is 0 Å². The average molecular weight is 187 g/mol. The summed E-state index contributed by atoms with van der Waals surface area (Å²) in [5.41, 5.74) is 0. The van der Waals surface area contributed by atoms with Crippen molar-refractivity contribution in [3.63, 3.8) is 0 Å². The number of carbonyl (C=O) groups is 1. The summed E-state index contributed by atoms with van der Waals surface area (Å²) in [6.45, 7) is 6.01. The van der Waals surface area contributed by atoms with E-state index in [2.05, 4.69) is 9.64 Å². The molecule has 76 valence electrons. The van der Waals surface area contributed by atoms with Crippen molar-refractivity contribution < 1.29 is 14.3 Å². The Bertz CT molecular complexity index is 174. The molecule has 0 bridgehead atoms. The van der Waals surface area contributed by atoms with E-state index in [4.69, 9.17) is 4.74 Å². The van der Waals surface area contributed by atoms with E-state index < -0.39 is 0 Å². The first-order chi connectivity index (χ1) is 6.11. The maximum Gasteiger partial charge on any atom is 0.319 e. The fourth-order valence-corrected chi connectivity index (χ4v) is 1.66. The van der Waals surface area contributed by atoms with E-state index in [1.165, 1.54) is 7.11 Å². The van der Waals surface area contributed by atoms with Crippen LogP contribution in [0, 0.1) is 0 Å². The largest absolute Gasteiger partial charge is 0.468 e. The van der Waals surface area contributed by atoms with Gasteiger partial charge in [-0.15, -0.1) is 0 Å². The van der Waals surface area contributed by atoms with Gasteiger partial charge in [-0.1, -0.05) is 0 Å². The van der Waals surface area contributed by atoms with Crippen molar-refractivity contribution in [2.45, 2.75) is 26.1 Å². The van der Waals surface area contributed by atoms with Gasteiger partial charge in [-0.3, -0.25) is 9.69 Å². The SMILES string of the molecule is COC(=O)CN1CC(C)OC(C)C1. The summed E-state index contributed by atoms with van der Waals surface area (Å²) in [6.07, 6.45) is 0.404.